The van der Waals surface area contributed by atoms with E-state index in [1.807, 2.05) is 4.90 Å². The molecule has 0 saturated carbocycles. The lowest BCUT2D eigenvalue weighted by molar-refractivity contribution is -0.137. The van der Waals surface area contributed by atoms with Crippen molar-refractivity contribution in [3.63, 3.8) is 0 Å². The van der Waals surface area contributed by atoms with Crippen molar-refractivity contribution in [1.29, 1.82) is 0 Å². The van der Waals surface area contributed by atoms with Gasteiger partial charge in [-0.2, -0.15) is 13.2 Å². The predicted octanol–water partition coefficient (Wildman–Crippen LogP) is 4.69. The smallest absolute Gasteiger partial charge is 0.353 e. The average molecular weight is 560 g/mol. The van der Waals surface area contributed by atoms with Crippen LogP contribution in [0, 0.1) is 6.92 Å². The molecular formula is C18H22ClF3IN5S. The monoisotopic (exact) mass is 559 g/mol. The number of nitrogens with one attached hydrogen (secondary N) is 2. The number of thiophene rings is 1. The fourth-order valence-electron chi connectivity index (χ4n) is 3.03. The Bertz CT molecular complexity index is 858. The summed E-state index contributed by atoms with van der Waals surface area (Å²) < 4.78 is 38.3. The minimum atomic E-state index is -4.46. The van der Waals surface area contributed by atoms with Crippen LogP contribution in [0.3, 0.4) is 0 Å². The minimum Gasteiger partial charge on any atom is -0.353 e. The van der Waals surface area contributed by atoms with Crippen LogP contribution in [-0.2, 0) is 12.7 Å². The normalized spacial score (nSPS) is 17.2. The van der Waals surface area contributed by atoms with E-state index in [4.69, 9.17) is 11.6 Å². The zero-order valence-corrected chi connectivity index (χ0v) is 19.8. The summed E-state index contributed by atoms with van der Waals surface area (Å²) in [5.74, 6) is 1.06. The summed E-state index contributed by atoms with van der Waals surface area (Å²) in [6.07, 6.45) is -2.83. The van der Waals surface area contributed by atoms with Gasteiger partial charge in [-0.05, 0) is 36.4 Å². The molecule has 0 radical (unpaired) electrons. The Balaban J connectivity index is 0.00000300. The molecule has 0 spiro atoms. The summed E-state index contributed by atoms with van der Waals surface area (Å²) >= 11 is 7.75. The molecule has 0 bridgehead atoms. The number of anilines is 1. The fourth-order valence-corrected chi connectivity index (χ4v) is 4.16. The van der Waals surface area contributed by atoms with Crippen LogP contribution in [0.2, 0.25) is 5.02 Å². The van der Waals surface area contributed by atoms with Crippen molar-refractivity contribution in [2.75, 3.05) is 25.0 Å². The van der Waals surface area contributed by atoms with Gasteiger partial charge in [-0.3, -0.25) is 4.99 Å². The number of aryl methyl sites for hydroxylation is 1. The summed E-state index contributed by atoms with van der Waals surface area (Å²) in [4.78, 5) is 11.3. The van der Waals surface area contributed by atoms with E-state index in [-0.39, 0.29) is 35.0 Å². The van der Waals surface area contributed by atoms with E-state index >= 15 is 0 Å². The lowest BCUT2D eigenvalue weighted by Gasteiger charge is -2.21. The molecule has 5 nitrogen and oxygen atoms in total. The number of halogens is 5. The summed E-state index contributed by atoms with van der Waals surface area (Å²) in [6.45, 7) is 3.98. The zero-order chi connectivity index (χ0) is 20.3. The summed E-state index contributed by atoms with van der Waals surface area (Å²) in [5, 5.41) is 8.71. The van der Waals surface area contributed by atoms with Crippen LogP contribution in [-0.4, -0.2) is 37.1 Å². The molecule has 11 heteroatoms. The Morgan fingerprint density at radius 1 is 1.45 bits per heavy atom. The van der Waals surface area contributed by atoms with Gasteiger partial charge in [0.2, 0.25) is 0 Å². The van der Waals surface area contributed by atoms with E-state index in [1.165, 1.54) is 10.4 Å². The van der Waals surface area contributed by atoms with Crippen LogP contribution in [0.5, 0.6) is 0 Å². The second-order valence-electron chi connectivity index (χ2n) is 6.56. The molecule has 1 fully saturated rings. The van der Waals surface area contributed by atoms with E-state index in [0.717, 1.165) is 18.7 Å². The number of hydrogen-bond donors (Lipinski definition) is 2. The molecule has 1 saturated heterocycles. The summed E-state index contributed by atoms with van der Waals surface area (Å²) in [5.41, 5.74) is 0.395. The molecule has 2 aromatic heterocycles. The van der Waals surface area contributed by atoms with Crippen LogP contribution < -0.4 is 15.5 Å². The Kier molecular flexibility index (Phi) is 8.41. The van der Waals surface area contributed by atoms with Crippen molar-refractivity contribution in [2.24, 2.45) is 4.99 Å². The Morgan fingerprint density at radius 3 is 2.79 bits per heavy atom. The van der Waals surface area contributed by atoms with Crippen molar-refractivity contribution in [1.82, 2.24) is 15.6 Å². The Morgan fingerprint density at radius 2 is 2.21 bits per heavy atom. The number of aromatic nitrogens is 1. The minimum absolute atomic E-state index is 0. The van der Waals surface area contributed by atoms with Crippen LogP contribution in [0.15, 0.2) is 28.7 Å². The third-order valence-electron chi connectivity index (χ3n) is 4.59. The molecule has 160 valence electrons. The Hall–Kier alpha value is -1.27. The van der Waals surface area contributed by atoms with Gasteiger partial charge in [-0.25, -0.2) is 4.98 Å². The third-order valence-corrected chi connectivity index (χ3v) is 5.89. The van der Waals surface area contributed by atoms with Crippen molar-refractivity contribution in [2.45, 2.75) is 32.1 Å². The zero-order valence-electron chi connectivity index (χ0n) is 15.9. The molecule has 2 N–H and O–H groups in total. The molecule has 29 heavy (non-hydrogen) atoms. The summed E-state index contributed by atoms with van der Waals surface area (Å²) in [7, 11) is 1.71. The molecule has 1 aliphatic rings. The second-order valence-corrected chi connectivity index (χ2v) is 7.96. The highest BCUT2D eigenvalue weighted by Gasteiger charge is 2.33. The van der Waals surface area contributed by atoms with Crippen molar-refractivity contribution in [3.8, 4) is 0 Å². The quantitative estimate of drug-likeness (QED) is 0.324. The van der Waals surface area contributed by atoms with Crippen molar-refractivity contribution >= 4 is 58.7 Å². The van der Waals surface area contributed by atoms with Gasteiger partial charge >= 0.3 is 6.18 Å². The lowest BCUT2D eigenvalue weighted by Crippen LogP contribution is -2.44. The van der Waals surface area contributed by atoms with E-state index in [1.54, 1.807) is 18.4 Å². The lowest BCUT2D eigenvalue weighted by atomic mass is 10.2. The van der Waals surface area contributed by atoms with Crippen LogP contribution in [0.25, 0.3) is 0 Å². The molecule has 1 aliphatic heterocycles. The van der Waals surface area contributed by atoms with Crippen molar-refractivity contribution < 1.29 is 13.2 Å². The molecule has 0 aliphatic carbocycles. The largest absolute Gasteiger partial charge is 0.417 e. The standard InChI is InChI=1S/C18H21ClF3N5S.HI/c1-11-4-6-28-15(11)9-25-17(23-2)26-13-3-5-27(10-13)16-14(19)7-12(8-24-16)18(20,21)22;/h4,6-8,13H,3,5,9-10H2,1-2H3,(H2,23,25,26);1H. The highest BCUT2D eigenvalue weighted by molar-refractivity contribution is 14.0. The van der Waals surface area contributed by atoms with Crippen molar-refractivity contribution in [3.05, 3.63) is 44.7 Å². The number of alkyl halides is 3. The van der Waals surface area contributed by atoms with Crippen LogP contribution in [0.1, 0.15) is 22.4 Å². The molecule has 2 aromatic rings. The predicted molar refractivity (Wildman–Crippen MR) is 123 cm³/mol. The van der Waals surface area contributed by atoms with Gasteiger partial charge in [-0.1, -0.05) is 11.6 Å². The number of pyridine rings is 1. The molecule has 1 unspecified atom stereocenters. The highest BCUT2D eigenvalue weighted by Crippen LogP contribution is 2.34. The highest BCUT2D eigenvalue weighted by atomic mass is 127. The first-order chi connectivity index (χ1) is 13.3. The molecule has 3 rings (SSSR count). The van der Waals surface area contributed by atoms with Crippen LogP contribution in [0.4, 0.5) is 19.0 Å². The molecule has 1 atom stereocenters. The number of nitrogens with zero attached hydrogens (tertiary/aromatic N) is 3. The molecule has 3 heterocycles. The first kappa shape index (κ1) is 24.0. The van der Waals surface area contributed by atoms with Gasteiger partial charge in [-0.15, -0.1) is 35.3 Å². The maximum Gasteiger partial charge on any atom is 0.417 e. The van der Waals surface area contributed by atoms with Gasteiger partial charge in [0.05, 0.1) is 17.1 Å². The second kappa shape index (κ2) is 10.2. The molecule has 0 aromatic carbocycles. The first-order valence-corrected chi connectivity index (χ1v) is 10.0. The fraction of sp³-hybridized carbons (Fsp3) is 0.444. The van der Waals surface area contributed by atoms with E-state index in [0.29, 0.717) is 31.4 Å². The van der Waals surface area contributed by atoms with Gasteiger partial charge in [0, 0.05) is 37.3 Å². The maximum atomic E-state index is 12.8. The van der Waals surface area contributed by atoms with Gasteiger partial charge in [0.15, 0.2) is 5.96 Å². The van der Waals surface area contributed by atoms with Gasteiger partial charge < -0.3 is 15.5 Å². The molecule has 0 amide bonds. The topological polar surface area (TPSA) is 52.6 Å². The van der Waals surface area contributed by atoms with E-state index in [2.05, 4.69) is 39.0 Å². The number of aliphatic imine (C=N–C) groups is 1. The third kappa shape index (κ3) is 6.11. The maximum absolute atomic E-state index is 12.8. The average Bonchev–Trinajstić information content (AvgIpc) is 3.26. The molecular weight excluding hydrogens is 538 g/mol. The SMILES string of the molecule is CN=C(NCc1sccc1C)NC1CCN(c2ncc(C(F)(F)F)cc2Cl)C1.I. The Labute approximate surface area is 193 Å². The first-order valence-electron chi connectivity index (χ1n) is 8.75. The van der Waals surface area contributed by atoms with E-state index < -0.39 is 11.7 Å². The number of hydrogen-bond acceptors (Lipinski definition) is 4. The van der Waals surface area contributed by atoms with Crippen LogP contribution >= 0.6 is 46.9 Å². The number of rotatable bonds is 4. The number of guanidine groups is 1. The van der Waals surface area contributed by atoms with Gasteiger partial charge in [0.1, 0.15) is 5.82 Å². The van der Waals surface area contributed by atoms with Gasteiger partial charge in [0.25, 0.3) is 0 Å². The summed E-state index contributed by atoms with van der Waals surface area (Å²) in [6, 6.07) is 3.10. The van der Waals surface area contributed by atoms with E-state index in [9.17, 15) is 13.2 Å².